The minimum Gasteiger partial charge on any atom is -0.493 e. The van der Waals surface area contributed by atoms with Gasteiger partial charge in [0.2, 0.25) is 0 Å². The maximum Gasteiger partial charge on any atom is 0.163 e. The Morgan fingerprint density at radius 1 is 1.25 bits per heavy atom. The molecule has 0 radical (unpaired) electrons. The minimum absolute atomic E-state index is 0.720. The first-order valence-electron chi connectivity index (χ1n) is 7.11. The average molecular weight is 275 g/mol. The second kappa shape index (κ2) is 5.71. The standard InChI is InChI=1S/C15H21N3O2/c1-19-13-7-11-12(8-14(13)20-2)18-15(17-11)4-3-10-5-6-16-9-10/h7-8,10,16H,3-6,9H2,1-2H3,(H,17,18). The summed E-state index contributed by atoms with van der Waals surface area (Å²) >= 11 is 0. The maximum atomic E-state index is 5.31. The Morgan fingerprint density at radius 2 is 2.05 bits per heavy atom. The highest BCUT2D eigenvalue weighted by molar-refractivity contribution is 5.79. The highest BCUT2D eigenvalue weighted by Crippen LogP contribution is 2.31. The molecular formula is C15H21N3O2. The van der Waals surface area contributed by atoms with Crippen LogP contribution in [-0.2, 0) is 6.42 Å². The quantitative estimate of drug-likeness (QED) is 0.877. The molecule has 1 aromatic carbocycles. The molecule has 108 valence electrons. The molecule has 1 fully saturated rings. The zero-order valence-corrected chi connectivity index (χ0v) is 12.0. The number of hydrogen-bond acceptors (Lipinski definition) is 4. The zero-order valence-electron chi connectivity index (χ0n) is 12.0. The summed E-state index contributed by atoms with van der Waals surface area (Å²) in [4.78, 5) is 8.02. The number of aromatic nitrogens is 2. The number of H-pyrrole nitrogens is 1. The lowest BCUT2D eigenvalue weighted by Crippen LogP contribution is -2.09. The van der Waals surface area contributed by atoms with Gasteiger partial charge in [0.15, 0.2) is 11.5 Å². The molecule has 1 saturated heterocycles. The van der Waals surface area contributed by atoms with Gasteiger partial charge in [-0.2, -0.15) is 0 Å². The van der Waals surface area contributed by atoms with E-state index in [1.165, 1.54) is 12.8 Å². The first-order valence-corrected chi connectivity index (χ1v) is 7.11. The molecule has 0 bridgehead atoms. The normalized spacial score (nSPS) is 18.6. The van der Waals surface area contributed by atoms with Gasteiger partial charge in [0.1, 0.15) is 5.82 Å². The monoisotopic (exact) mass is 275 g/mol. The number of aryl methyl sites for hydroxylation is 1. The molecule has 0 aliphatic carbocycles. The molecule has 5 nitrogen and oxygen atoms in total. The highest BCUT2D eigenvalue weighted by Gasteiger charge is 2.15. The molecule has 1 unspecified atom stereocenters. The fourth-order valence-corrected chi connectivity index (χ4v) is 2.81. The van der Waals surface area contributed by atoms with Gasteiger partial charge in [0.25, 0.3) is 0 Å². The molecule has 20 heavy (non-hydrogen) atoms. The molecule has 1 aromatic heterocycles. The number of nitrogens with zero attached hydrogens (tertiary/aromatic N) is 1. The Morgan fingerprint density at radius 3 is 2.75 bits per heavy atom. The minimum atomic E-state index is 0.720. The number of benzene rings is 1. The maximum absolute atomic E-state index is 5.31. The van der Waals surface area contributed by atoms with Crippen LogP contribution in [0.15, 0.2) is 12.1 Å². The van der Waals surface area contributed by atoms with Crippen LogP contribution in [0, 0.1) is 5.92 Å². The number of fused-ring (bicyclic) bond motifs is 1. The van der Waals surface area contributed by atoms with Gasteiger partial charge in [-0.3, -0.25) is 0 Å². The Balaban J connectivity index is 1.78. The predicted molar refractivity (Wildman–Crippen MR) is 78.5 cm³/mol. The van der Waals surface area contributed by atoms with Crippen LogP contribution in [-0.4, -0.2) is 37.3 Å². The molecule has 2 heterocycles. The van der Waals surface area contributed by atoms with E-state index in [9.17, 15) is 0 Å². The van der Waals surface area contributed by atoms with E-state index in [1.54, 1.807) is 14.2 Å². The van der Waals surface area contributed by atoms with Crippen LogP contribution < -0.4 is 14.8 Å². The van der Waals surface area contributed by atoms with E-state index in [2.05, 4.69) is 15.3 Å². The van der Waals surface area contributed by atoms with E-state index in [-0.39, 0.29) is 0 Å². The average Bonchev–Trinajstić information content (AvgIpc) is 3.11. The number of imidazole rings is 1. The summed E-state index contributed by atoms with van der Waals surface area (Å²) in [6.45, 7) is 2.29. The number of methoxy groups -OCH3 is 2. The number of rotatable bonds is 5. The Hall–Kier alpha value is -1.75. The molecule has 3 rings (SSSR count). The third kappa shape index (κ3) is 2.58. The van der Waals surface area contributed by atoms with Gasteiger partial charge in [-0.15, -0.1) is 0 Å². The van der Waals surface area contributed by atoms with Crippen molar-refractivity contribution < 1.29 is 9.47 Å². The van der Waals surface area contributed by atoms with Crippen molar-refractivity contribution in [1.29, 1.82) is 0 Å². The number of nitrogens with one attached hydrogen (secondary N) is 2. The van der Waals surface area contributed by atoms with Crippen LogP contribution >= 0.6 is 0 Å². The highest BCUT2D eigenvalue weighted by atomic mass is 16.5. The van der Waals surface area contributed by atoms with Crippen LogP contribution in [0.5, 0.6) is 11.5 Å². The SMILES string of the molecule is COc1cc2nc(CCC3CCNC3)[nH]c2cc1OC. The lowest BCUT2D eigenvalue weighted by atomic mass is 10.0. The smallest absolute Gasteiger partial charge is 0.163 e. The second-order valence-corrected chi connectivity index (χ2v) is 5.31. The van der Waals surface area contributed by atoms with Crippen molar-refractivity contribution in [3.05, 3.63) is 18.0 Å². The van der Waals surface area contributed by atoms with Crippen LogP contribution in [0.25, 0.3) is 11.0 Å². The number of hydrogen-bond donors (Lipinski definition) is 2. The van der Waals surface area contributed by atoms with E-state index in [0.29, 0.717) is 0 Å². The van der Waals surface area contributed by atoms with Gasteiger partial charge in [-0.05, 0) is 31.8 Å². The summed E-state index contributed by atoms with van der Waals surface area (Å²) in [7, 11) is 3.29. The Kier molecular flexibility index (Phi) is 3.78. The van der Waals surface area contributed by atoms with Crippen molar-refractivity contribution in [1.82, 2.24) is 15.3 Å². The Labute approximate surface area is 118 Å². The summed E-state index contributed by atoms with van der Waals surface area (Å²) in [5, 5.41) is 3.40. The molecule has 5 heteroatoms. The van der Waals surface area contributed by atoms with Crippen molar-refractivity contribution in [2.45, 2.75) is 19.3 Å². The molecule has 2 aromatic rings. The summed E-state index contributed by atoms with van der Waals surface area (Å²) < 4.78 is 10.6. The van der Waals surface area contributed by atoms with Gasteiger partial charge in [-0.1, -0.05) is 0 Å². The van der Waals surface area contributed by atoms with Crippen molar-refractivity contribution in [3.63, 3.8) is 0 Å². The van der Waals surface area contributed by atoms with E-state index >= 15 is 0 Å². The predicted octanol–water partition coefficient (Wildman–Crippen LogP) is 2.12. The molecule has 0 amide bonds. The Bertz CT molecular complexity index is 547. The van der Waals surface area contributed by atoms with Gasteiger partial charge in [0, 0.05) is 18.6 Å². The van der Waals surface area contributed by atoms with Crippen LogP contribution in [0.1, 0.15) is 18.7 Å². The summed E-state index contributed by atoms with van der Waals surface area (Å²) in [5.74, 6) is 3.28. The first kappa shape index (κ1) is 13.2. The van der Waals surface area contributed by atoms with Crippen molar-refractivity contribution in [2.24, 2.45) is 5.92 Å². The van der Waals surface area contributed by atoms with Gasteiger partial charge >= 0.3 is 0 Å². The molecule has 2 N–H and O–H groups in total. The number of ether oxygens (including phenoxy) is 2. The molecule has 1 atom stereocenters. The van der Waals surface area contributed by atoms with Gasteiger partial charge in [-0.25, -0.2) is 4.98 Å². The largest absolute Gasteiger partial charge is 0.493 e. The van der Waals surface area contributed by atoms with Gasteiger partial charge < -0.3 is 19.8 Å². The summed E-state index contributed by atoms with van der Waals surface area (Å²) in [5.41, 5.74) is 1.93. The molecule has 0 saturated carbocycles. The van der Waals surface area contributed by atoms with Crippen molar-refractivity contribution in [3.8, 4) is 11.5 Å². The van der Waals surface area contributed by atoms with E-state index in [0.717, 1.165) is 53.8 Å². The summed E-state index contributed by atoms with van der Waals surface area (Å²) in [6, 6.07) is 3.87. The number of aromatic amines is 1. The van der Waals surface area contributed by atoms with E-state index in [1.807, 2.05) is 12.1 Å². The van der Waals surface area contributed by atoms with Crippen LogP contribution in [0.2, 0.25) is 0 Å². The first-order chi connectivity index (χ1) is 9.80. The van der Waals surface area contributed by atoms with Crippen LogP contribution in [0.4, 0.5) is 0 Å². The lowest BCUT2D eigenvalue weighted by molar-refractivity contribution is 0.356. The third-order valence-corrected chi connectivity index (χ3v) is 3.99. The molecular weight excluding hydrogens is 254 g/mol. The molecule has 0 spiro atoms. The fraction of sp³-hybridized carbons (Fsp3) is 0.533. The van der Waals surface area contributed by atoms with Crippen LogP contribution in [0.3, 0.4) is 0 Å². The van der Waals surface area contributed by atoms with E-state index < -0.39 is 0 Å². The second-order valence-electron chi connectivity index (χ2n) is 5.31. The molecule has 1 aliphatic rings. The summed E-state index contributed by atoms with van der Waals surface area (Å²) in [6.07, 6.45) is 3.45. The third-order valence-electron chi connectivity index (χ3n) is 3.99. The topological polar surface area (TPSA) is 59.2 Å². The van der Waals surface area contributed by atoms with Crippen molar-refractivity contribution in [2.75, 3.05) is 27.3 Å². The fourth-order valence-electron chi connectivity index (χ4n) is 2.81. The van der Waals surface area contributed by atoms with E-state index in [4.69, 9.17) is 9.47 Å². The van der Waals surface area contributed by atoms with Crippen molar-refractivity contribution >= 4 is 11.0 Å². The lowest BCUT2D eigenvalue weighted by Gasteiger charge is -2.06. The zero-order chi connectivity index (χ0) is 13.9. The molecule has 1 aliphatic heterocycles. The van der Waals surface area contributed by atoms with Gasteiger partial charge in [0.05, 0.1) is 25.3 Å².